The van der Waals surface area contributed by atoms with Gasteiger partial charge in [0.15, 0.2) is 0 Å². The molecule has 1 amide bonds. The van der Waals surface area contributed by atoms with E-state index in [0.717, 1.165) is 0 Å². The number of halogens is 1. The van der Waals surface area contributed by atoms with Gasteiger partial charge < -0.3 is 10.0 Å². The van der Waals surface area contributed by atoms with Crippen LogP contribution in [0.1, 0.15) is 30.1 Å². The van der Waals surface area contributed by atoms with Crippen molar-refractivity contribution < 1.29 is 14.7 Å². The molecule has 1 aliphatic heterocycles. The smallest absolute Gasteiger partial charge is 0.329 e. The second kappa shape index (κ2) is 4.61. The minimum Gasteiger partial charge on any atom is -0.480 e. The van der Waals surface area contributed by atoms with Gasteiger partial charge in [0, 0.05) is 17.1 Å². The second-order valence-corrected chi connectivity index (χ2v) is 5.09. The third-order valence-corrected chi connectivity index (χ3v) is 3.65. The van der Waals surface area contributed by atoms with Crippen molar-refractivity contribution in [2.24, 2.45) is 0 Å². The lowest BCUT2D eigenvalue weighted by atomic mass is 9.98. The van der Waals surface area contributed by atoms with Gasteiger partial charge in [-0.05, 0) is 38.0 Å². The van der Waals surface area contributed by atoms with Gasteiger partial charge in [0.1, 0.15) is 5.54 Å². The van der Waals surface area contributed by atoms with Crippen LogP contribution in [0.15, 0.2) is 24.3 Å². The van der Waals surface area contributed by atoms with Gasteiger partial charge in [-0.15, -0.1) is 0 Å². The molecule has 1 aliphatic rings. The second-order valence-electron chi connectivity index (χ2n) is 4.65. The molecular weight excluding hydrogens is 254 g/mol. The summed E-state index contributed by atoms with van der Waals surface area (Å²) in [6.07, 6.45) is 1.18. The molecule has 0 bridgehead atoms. The molecule has 1 saturated heterocycles. The number of aliphatic carboxylic acids is 1. The maximum Gasteiger partial charge on any atom is 0.329 e. The third-order valence-electron chi connectivity index (χ3n) is 3.42. The number of amides is 1. The lowest BCUT2D eigenvalue weighted by Crippen LogP contribution is -2.50. The SMILES string of the molecule is CC1(C(=O)O)CCCN1C(=O)c1cccc(Cl)c1. The van der Waals surface area contributed by atoms with Crippen LogP contribution in [-0.2, 0) is 4.79 Å². The number of likely N-dealkylation sites (tertiary alicyclic amines) is 1. The molecule has 1 heterocycles. The van der Waals surface area contributed by atoms with E-state index in [1.54, 1.807) is 31.2 Å². The number of carbonyl (C=O) groups excluding carboxylic acids is 1. The highest BCUT2D eigenvalue weighted by Crippen LogP contribution is 2.31. The van der Waals surface area contributed by atoms with Crippen LogP contribution in [0.4, 0.5) is 0 Å². The molecule has 1 atom stereocenters. The Bertz CT molecular complexity index is 503. The Kier molecular flexibility index (Phi) is 3.30. The van der Waals surface area contributed by atoms with E-state index in [1.807, 2.05) is 0 Å². The number of hydrogen-bond donors (Lipinski definition) is 1. The highest BCUT2D eigenvalue weighted by Gasteiger charge is 2.46. The standard InChI is InChI=1S/C13H14ClNO3/c1-13(12(17)18)6-3-7-15(13)11(16)9-4-2-5-10(14)8-9/h2,4-5,8H,3,6-7H2,1H3,(H,17,18). The fourth-order valence-corrected chi connectivity index (χ4v) is 2.48. The zero-order valence-corrected chi connectivity index (χ0v) is 10.8. The van der Waals surface area contributed by atoms with E-state index in [-0.39, 0.29) is 5.91 Å². The van der Waals surface area contributed by atoms with Gasteiger partial charge >= 0.3 is 5.97 Å². The van der Waals surface area contributed by atoms with Crippen LogP contribution in [0.2, 0.25) is 5.02 Å². The molecule has 0 spiro atoms. The average Bonchev–Trinajstić information content (AvgIpc) is 2.72. The molecule has 4 nitrogen and oxygen atoms in total. The first-order chi connectivity index (χ1) is 8.45. The molecule has 96 valence electrons. The van der Waals surface area contributed by atoms with Gasteiger partial charge in [-0.3, -0.25) is 4.79 Å². The Morgan fingerprint density at radius 1 is 1.44 bits per heavy atom. The van der Waals surface area contributed by atoms with Crippen LogP contribution >= 0.6 is 11.6 Å². The van der Waals surface area contributed by atoms with Crippen molar-refractivity contribution in [1.29, 1.82) is 0 Å². The summed E-state index contributed by atoms with van der Waals surface area (Å²) in [5.74, 6) is -1.24. The molecule has 2 rings (SSSR count). The zero-order chi connectivity index (χ0) is 13.3. The van der Waals surface area contributed by atoms with Gasteiger partial charge in [-0.2, -0.15) is 0 Å². The van der Waals surface area contributed by atoms with Crippen LogP contribution in [0.25, 0.3) is 0 Å². The minimum atomic E-state index is -1.11. The minimum absolute atomic E-state index is 0.278. The number of nitrogens with zero attached hydrogens (tertiary/aromatic N) is 1. The maximum atomic E-state index is 12.3. The molecule has 1 unspecified atom stereocenters. The van der Waals surface area contributed by atoms with E-state index in [1.165, 1.54) is 4.90 Å². The highest BCUT2D eigenvalue weighted by atomic mass is 35.5. The topological polar surface area (TPSA) is 57.6 Å². The predicted molar refractivity (Wildman–Crippen MR) is 67.8 cm³/mol. The molecule has 1 aromatic rings. The number of hydrogen-bond acceptors (Lipinski definition) is 2. The molecular formula is C13H14ClNO3. The highest BCUT2D eigenvalue weighted by molar-refractivity contribution is 6.31. The van der Waals surface area contributed by atoms with E-state index in [4.69, 9.17) is 11.6 Å². The van der Waals surface area contributed by atoms with Gasteiger partial charge in [-0.25, -0.2) is 4.79 Å². The maximum absolute atomic E-state index is 12.3. The molecule has 0 radical (unpaired) electrons. The number of carbonyl (C=O) groups is 2. The van der Waals surface area contributed by atoms with E-state index >= 15 is 0 Å². The molecule has 1 fully saturated rings. The summed E-state index contributed by atoms with van der Waals surface area (Å²) in [7, 11) is 0. The Hall–Kier alpha value is -1.55. The van der Waals surface area contributed by atoms with Crippen molar-refractivity contribution in [1.82, 2.24) is 4.90 Å². The van der Waals surface area contributed by atoms with Crippen LogP contribution < -0.4 is 0 Å². The van der Waals surface area contributed by atoms with Crippen molar-refractivity contribution in [3.05, 3.63) is 34.9 Å². The van der Waals surface area contributed by atoms with E-state index in [9.17, 15) is 14.7 Å². The van der Waals surface area contributed by atoms with Crippen molar-refractivity contribution >= 4 is 23.5 Å². The number of carboxylic acids is 1. The van der Waals surface area contributed by atoms with E-state index < -0.39 is 11.5 Å². The summed E-state index contributed by atoms with van der Waals surface area (Å²) >= 11 is 5.84. The van der Waals surface area contributed by atoms with Crippen LogP contribution in [0, 0.1) is 0 Å². The molecule has 0 saturated carbocycles. The quantitative estimate of drug-likeness (QED) is 0.895. The van der Waals surface area contributed by atoms with Gasteiger partial charge in [-0.1, -0.05) is 17.7 Å². The first-order valence-electron chi connectivity index (χ1n) is 5.76. The normalized spacial score (nSPS) is 23.1. The number of carboxylic acid groups (broad SMARTS) is 1. The summed E-state index contributed by atoms with van der Waals surface area (Å²) in [5, 5.41) is 9.74. The third kappa shape index (κ3) is 2.08. The Morgan fingerprint density at radius 3 is 2.78 bits per heavy atom. The fourth-order valence-electron chi connectivity index (χ4n) is 2.29. The molecule has 5 heteroatoms. The molecule has 18 heavy (non-hydrogen) atoms. The van der Waals surface area contributed by atoms with Gasteiger partial charge in [0.2, 0.25) is 0 Å². The summed E-state index contributed by atoms with van der Waals surface area (Å²) < 4.78 is 0. The van der Waals surface area contributed by atoms with Crippen molar-refractivity contribution in [3.63, 3.8) is 0 Å². The Labute approximate surface area is 110 Å². The largest absolute Gasteiger partial charge is 0.480 e. The average molecular weight is 268 g/mol. The van der Waals surface area contributed by atoms with Crippen molar-refractivity contribution in [3.8, 4) is 0 Å². The monoisotopic (exact) mass is 267 g/mol. The Balaban J connectivity index is 2.32. The fraction of sp³-hybridized carbons (Fsp3) is 0.385. The van der Waals surface area contributed by atoms with Gasteiger partial charge in [0.25, 0.3) is 5.91 Å². The summed E-state index contributed by atoms with van der Waals surface area (Å²) in [5.41, 5.74) is -0.684. The van der Waals surface area contributed by atoms with Crippen LogP contribution in [0.5, 0.6) is 0 Å². The first-order valence-corrected chi connectivity index (χ1v) is 6.14. The molecule has 1 N–H and O–H groups in total. The lowest BCUT2D eigenvalue weighted by molar-refractivity contribution is -0.147. The van der Waals surface area contributed by atoms with Crippen molar-refractivity contribution in [2.45, 2.75) is 25.3 Å². The van der Waals surface area contributed by atoms with Crippen molar-refractivity contribution in [2.75, 3.05) is 6.54 Å². The van der Waals surface area contributed by atoms with Crippen LogP contribution in [0.3, 0.4) is 0 Å². The zero-order valence-electron chi connectivity index (χ0n) is 10.0. The van der Waals surface area contributed by atoms with E-state index in [2.05, 4.69) is 0 Å². The van der Waals surface area contributed by atoms with Gasteiger partial charge in [0.05, 0.1) is 0 Å². The lowest BCUT2D eigenvalue weighted by Gasteiger charge is -2.31. The number of rotatable bonds is 2. The van der Waals surface area contributed by atoms with Crippen LogP contribution in [-0.4, -0.2) is 34.0 Å². The summed E-state index contributed by atoms with van der Waals surface area (Å²) in [6.45, 7) is 2.05. The summed E-state index contributed by atoms with van der Waals surface area (Å²) in [4.78, 5) is 25.1. The molecule has 0 aromatic heterocycles. The summed E-state index contributed by atoms with van der Waals surface area (Å²) in [6, 6.07) is 6.57. The predicted octanol–water partition coefficient (Wildman–Crippen LogP) is 2.42. The first kappa shape index (κ1) is 12.9. The molecule has 1 aromatic carbocycles. The van der Waals surface area contributed by atoms with E-state index in [0.29, 0.717) is 30.0 Å². The number of benzene rings is 1. The molecule has 0 aliphatic carbocycles. The Morgan fingerprint density at radius 2 is 2.17 bits per heavy atom.